The molecule has 28 heavy (non-hydrogen) atoms. The average molecular weight is 383 g/mol. The predicted octanol–water partition coefficient (Wildman–Crippen LogP) is 3.32. The van der Waals surface area contributed by atoms with Crippen LogP contribution in [0.2, 0.25) is 0 Å². The minimum absolute atomic E-state index is 0.0515. The topological polar surface area (TPSA) is 45.7 Å². The molecule has 0 aliphatic carbocycles. The van der Waals surface area contributed by atoms with Crippen LogP contribution in [0, 0.1) is 12.7 Å². The number of benzene rings is 1. The molecule has 148 valence electrons. The molecule has 4 rings (SSSR count). The van der Waals surface area contributed by atoms with Crippen LogP contribution in [-0.2, 0) is 16.1 Å². The normalized spacial score (nSPS) is 23.8. The van der Waals surface area contributed by atoms with Gasteiger partial charge in [-0.05, 0) is 62.6 Å². The van der Waals surface area contributed by atoms with E-state index in [0.717, 1.165) is 44.6 Å². The molecule has 0 radical (unpaired) electrons. The van der Waals surface area contributed by atoms with Crippen LogP contribution in [0.3, 0.4) is 0 Å². The lowest BCUT2D eigenvalue weighted by atomic mass is 9.92. The van der Waals surface area contributed by atoms with Crippen molar-refractivity contribution in [3.8, 4) is 0 Å². The Balaban J connectivity index is 1.46. The van der Waals surface area contributed by atoms with Crippen LogP contribution >= 0.6 is 0 Å². The van der Waals surface area contributed by atoms with Gasteiger partial charge in [0.1, 0.15) is 12.4 Å². The van der Waals surface area contributed by atoms with Crippen molar-refractivity contribution in [2.75, 3.05) is 31.1 Å². The molecule has 1 aromatic carbocycles. The molecule has 2 aromatic rings. The number of hydrogen-bond acceptors (Lipinski definition) is 4. The van der Waals surface area contributed by atoms with E-state index in [1.807, 2.05) is 12.3 Å². The third-order valence-electron chi connectivity index (χ3n) is 5.85. The molecule has 6 heteroatoms. The van der Waals surface area contributed by atoms with Crippen LogP contribution in [0.15, 0.2) is 42.6 Å². The Labute approximate surface area is 165 Å². The van der Waals surface area contributed by atoms with Crippen LogP contribution in [0.25, 0.3) is 0 Å². The maximum atomic E-state index is 13.7. The molecule has 2 saturated heterocycles. The summed E-state index contributed by atoms with van der Waals surface area (Å²) in [5.74, 6) is -0.440. The molecule has 0 bridgehead atoms. The second-order valence-electron chi connectivity index (χ2n) is 7.83. The van der Waals surface area contributed by atoms with Crippen LogP contribution < -0.4 is 4.90 Å². The van der Waals surface area contributed by atoms with Crippen molar-refractivity contribution in [1.29, 1.82) is 0 Å². The van der Waals surface area contributed by atoms with Crippen LogP contribution in [0.5, 0.6) is 0 Å². The number of aryl methyl sites for hydroxylation is 1. The van der Waals surface area contributed by atoms with Gasteiger partial charge in [-0.1, -0.05) is 12.1 Å². The van der Waals surface area contributed by atoms with Gasteiger partial charge in [0.15, 0.2) is 0 Å². The number of morpholine rings is 1. The maximum Gasteiger partial charge on any atom is 0.253 e. The van der Waals surface area contributed by atoms with Crippen molar-refractivity contribution < 1.29 is 13.9 Å². The highest BCUT2D eigenvalue weighted by Crippen LogP contribution is 2.33. The molecule has 1 amide bonds. The van der Waals surface area contributed by atoms with Gasteiger partial charge in [-0.2, -0.15) is 0 Å². The molecule has 1 aromatic heterocycles. The SMILES string of the molecule is Cc1cccnc1CN1CCCC2(CC1)CN(c1cccc(F)c1)C(=O)CO2. The zero-order valence-corrected chi connectivity index (χ0v) is 16.2. The van der Waals surface area contributed by atoms with Gasteiger partial charge in [-0.15, -0.1) is 0 Å². The van der Waals surface area contributed by atoms with Gasteiger partial charge in [-0.3, -0.25) is 14.7 Å². The van der Waals surface area contributed by atoms with Crippen molar-refractivity contribution >= 4 is 11.6 Å². The zero-order chi connectivity index (χ0) is 19.6. The average Bonchev–Trinajstić information content (AvgIpc) is 2.88. The number of carbonyl (C=O) groups excluding carboxylic acids is 1. The maximum absolute atomic E-state index is 13.7. The fraction of sp³-hybridized carbons (Fsp3) is 0.455. The standard InChI is InChI=1S/C22H26FN3O2/c1-17-5-3-10-24-20(17)14-25-11-4-8-22(9-12-25)16-26(21(27)15-28-22)19-7-2-6-18(23)13-19/h2-3,5-7,10,13H,4,8-9,11-12,14-16H2,1H3. The first-order valence-electron chi connectivity index (χ1n) is 9.87. The van der Waals surface area contributed by atoms with E-state index >= 15 is 0 Å². The second kappa shape index (κ2) is 7.97. The summed E-state index contributed by atoms with van der Waals surface area (Å²) in [7, 11) is 0. The molecule has 0 saturated carbocycles. The van der Waals surface area contributed by atoms with Gasteiger partial charge >= 0.3 is 0 Å². The number of anilines is 1. The summed E-state index contributed by atoms with van der Waals surface area (Å²) < 4.78 is 19.7. The molecule has 1 atom stereocenters. The molecular weight excluding hydrogens is 357 g/mol. The van der Waals surface area contributed by atoms with Crippen LogP contribution in [0.1, 0.15) is 30.5 Å². The van der Waals surface area contributed by atoms with Gasteiger partial charge in [0.05, 0.1) is 17.8 Å². The Kier molecular flexibility index (Phi) is 5.42. The van der Waals surface area contributed by atoms with Crippen LogP contribution in [0.4, 0.5) is 10.1 Å². The van der Waals surface area contributed by atoms with E-state index in [0.29, 0.717) is 12.2 Å². The fourth-order valence-corrected chi connectivity index (χ4v) is 4.17. The van der Waals surface area contributed by atoms with E-state index in [2.05, 4.69) is 22.9 Å². The van der Waals surface area contributed by atoms with E-state index in [1.165, 1.54) is 17.7 Å². The fourth-order valence-electron chi connectivity index (χ4n) is 4.17. The van der Waals surface area contributed by atoms with Crippen molar-refractivity contribution in [2.24, 2.45) is 0 Å². The molecule has 3 heterocycles. The van der Waals surface area contributed by atoms with Crippen molar-refractivity contribution in [3.05, 3.63) is 59.7 Å². The first kappa shape index (κ1) is 19.0. The first-order valence-corrected chi connectivity index (χ1v) is 9.87. The minimum atomic E-state index is -0.367. The smallest absolute Gasteiger partial charge is 0.253 e. The predicted molar refractivity (Wildman–Crippen MR) is 106 cm³/mol. The lowest BCUT2D eigenvalue weighted by molar-refractivity contribution is -0.140. The third kappa shape index (κ3) is 4.08. The number of ether oxygens (including phenoxy) is 1. The highest BCUT2D eigenvalue weighted by Gasteiger charge is 2.41. The molecule has 2 aliphatic rings. The van der Waals surface area contributed by atoms with E-state index in [1.54, 1.807) is 17.0 Å². The summed E-state index contributed by atoms with van der Waals surface area (Å²) in [4.78, 5) is 21.0. The number of carbonyl (C=O) groups is 1. The number of nitrogens with zero attached hydrogens (tertiary/aromatic N) is 3. The van der Waals surface area contributed by atoms with E-state index < -0.39 is 0 Å². The Morgan fingerprint density at radius 2 is 2.11 bits per heavy atom. The monoisotopic (exact) mass is 383 g/mol. The first-order chi connectivity index (χ1) is 13.5. The largest absolute Gasteiger partial charge is 0.363 e. The third-order valence-corrected chi connectivity index (χ3v) is 5.85. The quantitative estimate of drug-likeness (QED) is 0.816. The van der Waals surface area contributed by atoms with Gasteiger partial charge in [-0.25, -0.2) is 4.39 Å². The zero-order valence-electron chi connectivity index (χ0n) is 16.2. The number of halogens is 1. The van der Waals surface area contributed by atoms with Gasteiger partial charge in [0.2, 0.25) is 0 Å². The molecule has 0 N–H and O–H groups in total. The second-order valence-corrected chi connectivity index (χ2v) is 7.83. The Morgan fingerprint density at radius 3 is 2.93 bits per heavy atom. The molecule has 1 spiro atoms. The molecule has 2 fully saturated rings. The Bertz CT molecular complexity index is 859. The number of hydrogen-bond donors (Lipinski definition) is 0. The van der Waals surface area contributed by atoms with Crippen LogP contribution in [-0.4, -0.2) is 47.6 Å². The number of rotatable bonds is 3. The summed E-state index contributed by atoms with van der Waals surface area (Å²) >= 11 is 0. The molecule has 2 aliphatic heterocycles. The number of amides is 1. The van der Waals surface area contributed by atoms with Crippen molar-refractivity contribution in [1.82, 2.24) is 9.88 Å². The van der Waals surface area contributed by atoms with Gasteiger partial charge in [0, 0.05) is 25.0 Å². The van der Waals surface area contributed by atoms with E-state index in [4.69, 9.17) is 4.74 Å². The molecule has 5 nitrogen and oxygen atoms in total. The summed E-state index contributed by atoms with van der Waals surface area (Å²) in [6.45, 7) is 5.32. The summed E-state index contributed by atoms with van der Waals surface area (Å²) in [6.07, 6.45) is 4.58. The van der Waals surface area contributed by atoms with Crippen molar-refractivity contribution in [2.45, 2.75) is 38.3 Å². The van der Waals surface area contributed by atoms with Crippen molar-refractivity contribution in [3.63, 3.8) is 0 Å². The lowest BCUT2D eigenvalue weighted by Crippen LogP contribution is -2.55. The summed E-state index contributed by atoms with van der Waals surface area (Å²) in [6, 6.07) is 10.3. The number of likely N-dealkylation sites (tertiary alicyclic amines) is 1. The van der Waals surface area contributed by atoms with E-state index in [-0.39, 0.29) is 23.9 Å². The van der Waals surface area contributed by atoms with Gasteiger partial charge < -0.3 is 9.64 Å². The van der Waals surface area contributed by atoms with Gasteiger partial charge in [0.25, 0.3) is 5.91 Å². The molecular formula is C22H26FN3O2. The number of aromatic nitrogens is 1. The summed E-state index contributed by atoms with van der Waals surface area (Å²) in [5.41, 5.74) is 2.56. The number of pyridine rings is 1. The summed E-state index contributed by atoms with van der Waals surface area (Å²) in [5, 5.41) is 0. The van der Waals surface area contributed by atoms with E-state index in [9.17, 15) is 9.18 Å². The highest BCUT2D eigenvalue weighted by molar-refractivity contribution is 5.95. The minimum Gasteiger partial charge on any atom is -0.363 e. The lowest BCUT2D eigenvalue weighted by Gasteiger charge is -2.42. The Hall–Kier alpha value is -2.31. The Morgan fingerprint density at radius 1 is 1.21 bits per heavy atom. The highest BCUT2D eigenvalue weighted by atomic mass is 19.1. The molecule has 1 unspecified atom stereocenters.